The van der Waals surface area contributed by atoms with Crippen LogP contribution in [0.5, 0.6) is 0 Å². The van der Waals surface area contributed by atoms with Gasteiger partial charge >= 0.3 is 0 Å². The molecule has 0 spiro atoms. The van der Waals surface area contributed by atoms with E-state index in [4.69, 9.17) is 0 Å². The molecule has 0 unspecified atom stereocenters. The molecule has 0 atom stereocenters. The monoisotopic (exact) mass is 364 g/mol. The Morgan fingerprint density at radius 2 is 1.78 bits per heavy atom. The highest BCUT2D eigenvalue weighted by atomic mass is 19.1. The van der Waals surface area contributed by atoms with Gasteiger partial charge in [0.05, 0.1) is 0 Å². The van der Waals surface area contributed by atoms with Crippen LogP contribution in [0.4, 0.5) is 4.39 Å². The number of hydrogen-bond donors (Lipinski definition) is 1. The van der Waals surface area contributed by atoms with Crippen LogP contribution in [0.25, 0.3) is 22.2 Å². The molecule has 1 aromatic heterocycles. The summed E-state index contributed by atoms with van der Waals surface area (Å²) in [4.78, 5) is 13.2. The van der Waals surface area contributed by atoms with E-state index in [1.165, 1.54) is 38.4 Å². The Hall–Kier alpha value is -2.24. The number of aromatic amines is 1. The second kappa shape index (κ2) is 7.06. The first kappa shape index (κ1) is 16.9. The average molecular weight is 364 g/mol. The van der Waals surface area contributed by atoms with Crippen LogP contribution in [0, 0.1) is 5.82 Å². The quantitative estimate of drug-likeness (QED) is 0.759. The van der Waals surface area contributed by atoms with Crippen molar-refractivity contribution in [1.29, 1.82) is 0 Å². The molecule has 2 aliphatic rings. The second-order valence-electron chi connectivity index (χ2n) is 7.79. The van der Waals surface area contributed by atoms with Crippen molar-refractivity contribution >= 4 is 10.8 Å². The lowest BCUT2D eigenvalue weighted by atomic mass is 9.91. The minimum Gasteiger partial charge on any atom is -0.341 e. The SMILES string of the molecule is Fc1ccc(-c2ncc(CN3CCN(C4CCC4)CC3)[nH]2)c2ccccc12. The van der Waals surface area contributed by atoms with E-state index in [1.807, 2.05) is 36.5 Å². The van der Waals surface area contributed by atoms with Crippen molar-refractivity contribution in [2.75, 3.05) is 26.2 Å². The molecule has 1 aliphatic heterocycles. The number of hydrogen-bond acceptors (Lipinski definition) is 3. The van der Waals surface area contributed by atoms with Gasteiger partial charge in [0.1, 0.15) is 11.6 Å². The van der Waals surface area contributed by atoms with Crippen LogP contribution in [0.1, 0.15) is 25.0 Å². The molecule has 2 heterocycles. The third-order valence-electron chi connectivity index (χ3n) is 6.15. The van der Waals surface area contributed by atoms with Gasteiger partial charge in [-0.25, -0.2) is 9.37 Å². The van der Waals surface area contributed by atoms with Crippen LogP contribution < -0.4 is 0 Å². The number of H-pyrrole nitrogens is 1. The number of nitrogens with zero attached hydrogens (tertiary/aromatic N) is 3. The van der Waals surface area contributed by atoms with E-state index in [0.29, 0.717) is 5.39 Å². The molecule has 1 N–H and O–H groups in total. The number of piperazine rings is 1. The number of halogens is 1. The molecule has 2 fully saturated rings. The van der Waals surface area contributed by atoms with Crippen molar-refractivity contribution in [2.45, 2.75) is 31.8 Å². The van der Waals surface area contributed by atoms with Gasteiger partial charge in [0.15, 0.2) is 0 Å². The minimum absolute atomic E-state index is 0.189. The number of rotatable bonds is 4. The van der Waals surface area contributed by atoms with E-state index >= 15 is 0 Å². The smallest absolute Gasteiger partial charge is 0.138 e. The Bertz CT molecular complexity index is 938. The number of fused-ring (bicyclic) bond motifs is 1. The van der Waals surface area contributed by atoms with Gasteiger partial charge in [-0.05, 0) is 30.4 Å². The molecule has 0 radical (unpaired) electrons. The van der Waals surface area contributed by atoms with E-state index in [-0.39, 0.29) is 5.82 Å². The van der Waals surface area contributed by atoms with Crippen LogP contribution in [0.15, 0.2) is 42.6 Å². The first-order valence-electron chi connectivity index (χ1n) is 9.96. The maximum Gasteiger partial charge on any atom is 0.138 e. The average Bonchev–Trinajstić information content (AvgIpc) is 3.11. The summed E-state index contributed by atoms with van der Waals surface area (Å²) in [6, 6.07) is 11.8. The molecule has 3 aromatic rings. The van der Waals surface area contributed by atoms with Gasteiger partial charge in [-0.1, -0.05) is 30.7 Å². The number of imidazole rings is 1. The fraction of sp³-hybridized carbons (Fsp3) is 0.409. The lowest BCUT2D eigenvalue weighted by Crippen LogP contribution is -2.51. The normalized spacial score (nSPS) is 19.4. The summed E-state index contributed by atoms with van der Waals surface area (Å²) in [7, 11) is 0. The molecule has 140 valence electrons. The Labute approximate surface area is 159 Å². The van der Waals surface area contributed by atoms with Crippen molar-refractivity contribution in [3.05, 3.63) is 54.1 Å². The largest absolute Gasteiger partial charge is 0.341 e. The van der Waals surface area contributed by atoms with E-state index in [0.717, 1.165) is 48.1 Å². The molecule has 5 heteroatoms. The molecular formula is C22H25FN4. The Morgan fingerprint density at radius 1 is 1.00 bits per heavy atom. The summed E-state index contributed by atoms with van der Waals surface area (Å²) in [6.45, 7) is 5.47. The molecule has 0 bridgehead atoms. The summed E-state index contributed by atoms with van der Waals surface area (Å²) in [5.74, 6) is 0.625. The Balaban J connectivity index is 1.30. The fourth-order valence-electron chi connectivity index (χ4n) is 4.32. The zero-order valence-corrected chi connectivity index (χ0v) is 15.5. The van der Waals surface area contributed by atoms with Crippen molar-refractivity contribution in [3.8, 4) is 11.4 Å². The lowest BCUT2D eigenvalue weighted by molar-refractivity contribution is 0.0583. The molecule has 1 saturated carbocycles. The number of benzene rings is 2. The van der Waals surface area contributed by atoms with Crippen molar-refractivity contribution in [2.24, 2.45) is 0 Å². The van der Waals surface area contributed by atoms with Crippen LogP contribution in [0.2, 0.25) is 0 Å². The standard InChI is InChI=1S/C22H25FN4/c23-21-9-8-20(18-6-1-2-7-19(18)21)22-24-14-16(25-22)15-26-10-12-27(13-11-26)17-4-3-5-17/h1-2,6-9,14,17H,3-5,10-13,15H2,(H,24,25). The topological polar surface area (TPSA) is 35.2 Å². The zero-order valence-electron chi connectivity index (χ0n) is 15.5. The molecule has 1 aliphatic carbocycles. The number of nitrogens with one attached hydrogen (secondary N) is 1. The summed E-state index contributed by atoms with van der Waals surface area (Å²) in [5, 5.41) is 1.53. The van der Waals surface area contributed by atoms with E-state index in [1.54, 1.807) is 0 Å². The first-order chi connectivity index (χ1) is 13.3. The van der Waals surface area contributed by atoms with E-state index in [2.05, 4.69) is 19.8 Å². The van der Waals surface area contributed by atoms with Crippen LogP contribution >= 0.6 is 0 Å². The van der Waals surface area contributed by atoms with E-state index in [9.17, 15) is 4.39 Å². The highest BCUT2D eigenvalue weighted by Gasteiger charge is 2.27. The number of aromatic nitrogens is 2. The Morgan fingerprint density at radius 3 is 2.52 bits per heavy atom. The fourth-order valence-corrected chi connectivity index (χ4v) is 4.32. The van der Waals surface area contributed by atoms with Gasteiger partial charge < -0.3 is 4.98 Å². The lowest BCUT2D eigenvalue weighted by Gasteiger charge is -2.42. The van der Waals surface area contributed by atoms with Crippen molar-refractivity contribution < 1.29 is 4.39 Å². The van der Waals surface area contributed by atoms with Gasteiger partial charge in [-0.3, -0.25) is 9.80 Å². The predicted octanol–water partition coefficient (Wildman–Crippen LogP) is 4.04. The first-order valence-corrected chi connectivity index (χ1v) is 9.96. The molecule has 2 aromatic carbocycles. The van der Waals surface area contributed by atoms with Crippen LogP contribution in [-0.2, 0) is 6.54 Å². The van der Waals surface area contributed by atoms with Gasteiger partial charge in [0, 0.05) is 61.6 Å². The third kappa shape index (κ3) is 3.26. The highest BCUT2D eigenvalue weighted by Crippen LogP contribution is 2.29. The maximum atomic E-state index is 14.1. The zero-order chi connectivity index (χ0) is 18.2. The molecule has 0 amide bonds. The molecule has 5 rings (SSSR count). The molecule has 4 nitrogen and oxygen atoms in total. The highest BCUT2D eigenvalue weighted by molar-refractivity contribution is 5.95. The summed E-state index contributed by atoms with van der Waals surface area (Å²) in [6.07, 6.45) is 6.09. The minimum atomic E-state index is -0.189. The van der Waals surface area contributed by atoms with Gasteiger partial charge in [-0.15, -0.1) is 0 Å². The maximum absolute atomic E-state index is 14.1. The van der Waals surface area contributed by atoms with Crippen LogP contribution in [0.3, 0.4) is 0 Å². The van der Waals surface area contributed by atoms with Gasteiger partial charge in [0.2, 0.25) is 0 Å². The molecule has 27 heavy (non-hydrogen) atoms. The summed E-state index contributed by atoms with van der Waals surface area (Å²) >= 11 is 0. The third-order valence-corrected chi connectivity index (χ3v) is 6.15. The molecule has 1 saturated heterocycles. The summed E-state index contributed by atoms with van der Waals surface area (Å²) in [5.41, 5.74) is 2.07. The Kier molecular flexibility index (Phi) is 4.42. The van der Waals surface area contributed by atoms with Gasteiger partial charge in [-0.2, -0.15) is 0 Å². The van der Waals surface area contributed by atoms with Crippen molar-refractivity contribution in [1.82, 2.24) is 19.8 Å². The molecular weight excluding hydrogens is 339 g/mol. The predicted molar refractivity (Wildman–Crippen MR) is 106 cm³/mol. The van der Waals surface area contributed by atoms with Crippen molar-refractivity contribution in [3.63, 3.8) is 0 Å². The second-order valence-corrected chi connectivity index (χ2v) is 7.79. The van der Waals surface area contributed by atoms with Gasteiger partial charge in [0.25, 0.3) is 0 Å². The van der Waals surface area contributed by atoms with E-state index < -0.39 is 0 Å². The van der Waals surface area contributed by atoms with Crippen LogP contribution in [-0.4, -0.2) is 52.0 Å². The summed E-state index contributed by atoms with van der Waals surface area (Å²) < 4.78 is 14.1.